The molecule has 1 fully saturated rings. The lowest BCUT2D eigenvalue weighted by molar-refractivity contribution is -0.131. The van der Waals surface area contributed by atoms with Crippen LogP contribution in [0, 0.1) is 0 Å². The minimum atomic E-state index is -4.21. The zero-order valence-corrected chi connectivity index (χ0v) is 16.0. The third kappa shape index (κ3) is 3.35. The van der Waals surface area contributed by atoms with Crippen molar-refractivity contribution >= 4 is 42.9 Å². The van der Waals surface area contributed by atoms with Crippen LogP contribution in [-0.2, 0) is 24.3 Å². The van der Waals surface area contributed by atoms with E-state index in [1.54, 1.807) is 31.4 Å². The van der Waals surface area contributed by atoms with Crippen LogP contribution in [0.4, 0.5) is 0 Å². The summed E-state index contributed by atoms with van der Waals surface area (Å²) in [6.45, 7) is 0.544. The van der Waals surface area contributed by atoms with Gasteiger partial charge in [0.05, 0.1) is 30.4 Å². The van der Waals surface area contributed by atoms with Crippen LogP contribution < -0.4 is 4.74 Å². The summed E-state index contributed by atoms with van der Waals surface area (Å²) in [5.74, 6) is -0.825. The van der Waals surface area contributed by atoms with Gasteiger partial charge in [-0.15, -0.1) is 0 Å². The minimum absolute atomic E-state index is 0.0625. The highest BCUT2D eigenvalue weighted by atomic mass is 35.7. The topological polar surface area (TPSA) is 61.8 Å². The van der Waals surface area contributed by atoms with Crippen molar-refractivity contribution < 1.29 is 22.6 Å². The van der Waals surface area contributed by atoms with Crippen molar-refractivity contribution in [1.82, 2.24) is 0 Å². The molecule has 1 aliphatic rings. The molecule has 0 bridgehead atoms. The van der Waals surface area contributed by atoms with E-state index in [1.807, 2.05) is 0 Å². The standard InChI is InChI=1S/C16H13Cl3O5S/c1-22-11-4-2-10(3-5-11)16(23-8-9-24-16)12-6-7-13(17)14(18)15(12)25(19,20)21/h2-7H,8-9H2,1H3. The molecule has 1 saturated heterocycles. The quantitative estimate of drug-likeness (QED) is 0.691. The molecular formula is C16H13Cl3O5S. The second-order valence-electron chi connectivity index (χ2n) is 5.22. The van der Waals surface area contributed by atoms with E-state index in [0.717, 1.165) is 0 Å². The van der Waals surface area contributed by atoms with Crippen molar-refractivity contribution in [2.45, 2.75) is 10.7 Å². The fraction of sp³-hybridized carbons (Fsp3) is 0.250. The molecule has 0 saturated carbocycles. The maximum Gasteiger partial charge on any atom is 0.263 e. The number of hydrogen-bond donors (Lipinski definition) is 0. The van der Waals surface area contributed by atoms with Crippen molar-refractivity contribution in [3.63, 3.8) is 0 Å². The molecule has 134 valence electrons. The van der Waals surface area contributed by atoms with E-state index in [4.69, 9.17) is 48.1 Å². The number of methoxy groups -OCH3 is 1. The molecule has 5 nitrogen and oxygen atoms in total. The predicted molar refractivity (Wildman–Crippen MR) is 95.2 cm³/mol. The van der Waals surface area contributed by atoms with E-state index in [0.29, 0.717) is 11.3 Å². The summed E-state index contributed by atoms with van der Waals surface area (Å²) < 4.78 is 41.1. The Morgan fingerprint density at radius 2 is 1.64 bits per heavy atom. The van der Waals surface area contributed by atoms with Gasteiger partial charge in [-0.25, -0.2) is 8.42 Å². The Bertz CT molecular complexity index is 891. The lowest BCUT2D eigenvalue weighted by Gasteiger charge is -2.30. The largest absolute Gasteiger partial charge is 0.497 e. The first-order valence-electron chi connectivity index (χ1n) is 7.15. The van der Waals surface area contributed by atoms with Gasteiger partial charge in [-0.1, -0.05) is 29.3 Å². The predicted octanol–water partition coefficient (Wildman–Crippen LogP) is 4.18. The Hall–Kier alpha value is -1.02. The van der Waals surface area contributed by atoms with E-state index in [-0.39, 0.29) is 33.7 Å². The van der Waals surface area contributed by atoms with Crippen LogP contribution in [-0.4, -0.2) is 28.7 Å². The highest BCUT2D eigenvalue weighted by molar-refractivity contribution is 8.13. The smallest absolute Gasteiger partial charge is 0.263 e. The molecule has 0 N–H and O–H groups in total. The third-order valence-corrected chi connectivity index (χ3v) is 6.10. The third-order valence-electron chi connectivity index (χ3n) is 3.81. The highest BCUT2D eigenvalue weighted by Gasteiger charge is 2.45. The Morgan fingerprint density at radius 1 is 1.04 bits per heavy atom. The highest BCUT2D eigenvalue weighted by Crippen LogP contribution is 2.46. The van der Waals surface area contributed by atoms with Crippen molar-refractivity contribution in [2.24, 2.45) is 0 Å². The van der Waals surface area contributed by atoms with Gasteiger partial charge in [0, 0.05) is 21.8 Å². The SMILES string of the molecule is COc1ccc(C2(c3ccc(Cl)c(Cl)c3S(=O)(=O)Cl)OCCO2)cc1. The van der Waals surface area contributed by atoms with Crippen LogP contribution in [0.15, 0.2) is 41.3 Å². The van der Waals surface area contributed by atoms with Crippen LogP contribution in [0.25, 0.3) is 0 Å². The first-order chi connectivity index (χ1) is 11.8. The van der Waals surface area contributed by atoms with Crippen LogP contribution >= 0.6 is 33.9 Å². The average molecular weight is 424 g/mol. The summed E-state index contributed by atoms with van der Waals surface area (Å²) in [5.41, 5.74) is 0.741. The van der Waals surface area contributed by atoms with Crippen LogP contribution in [0.5, 0.6) is 5.75 Å². The zero-order valence-electron chi connectivity index (χ0n) is 13.0. The molecule has 0 aliphatic carbocycles. The first kappa shape index (κ1) is 18.8. The summed E-state index contributed by atoms with van der Waals surface area (Å²) in [6, 6.07) is 9.83. The van der Waals surface area contributed by atoms with Crippen molar-refractivity contribution in [1.29, 1.82) is 0 Å². The molecular weight excluding hydrogens is 411 g/mol. The molecule has 2 aromatic rings. The molecule has 1 heterocycles. The summed E-state index contributed by atoms with van der Waals surface area (Å²) in [4.78, 5) is -0.332. The number of rotatable bonds is 4. The normalized spacial score (nSPS) is 16.8. The summed E-state index contributed by atoms with van der Waals surface area (Å²) in [6.07, 6.45) is 0. The van der Waals surface area contributed by atoms with Crippen molar-refractivity contribution in [3.8, 4) is 5.75 Å². The van der Waals surface area contributed by atoms with Gasteiger partial charge in [0.25, 0.3) is 9.05 Å². The van der Waals surface area contributed by atoms with Gasteiger partial charge in [0.2, 0.25) is 5.79 Å². The number of hydrogen-bond acceptors (Lipinski definition) is 5. The first-order valence-corrected chi connectivity index (χ1v) is 10.2. The van der Waals surface area contributed by atoms with Gasteiger partial charge >= 0.3 is 0 Å². The van der Waals surface area contributed by atoms with Gasteiger partial charge in [0.15, 0.2) is 0 Å². The van der Waals surface area contributed by atoms with Gasteiger partial charge < -0.3 is 14.2 Å². The molecule has 9 heteroatoms. The second kappa shape index (κ2) is 6.95. The van der Waals surface area contributed by atoms with E-state index in [1.165, 1.54) is 12.1 Å². The van der Waals surface area contributed by atoms with Gasteiger partial charge in [-0.2, -0.15) is 0 Å². The monoisotopic (exact) mass is 422 g/mol. The lowest BCUT2D eigenvalue weighted by atomic mass is 9.97. The molecule has 3 rings (SSSR count). The second-order valence-corrected chi connectivity index (χ2v) is 8.51. The molecule has 0 unspecified atom stereocenters. The van der Waals surface area contributed by atoms with Gasteiger partial charge in [-0.3, -0.25) is 0 Å². The lowest BCUT2D eigenvalue weighted by Crippen LogP contribution is -2.30. The molecule has 0 spiro atoms. The van der Waals surface area contributed by atoms with Crippen LogP contribution in [0.1, 0.15) is 11.1 Å². The Morgan fingerprint density at radius 3 is 2.16 bits per heavy atom. The molecule has 0 atom stereocenters. The molecule has 25 heavy (non-hydrogen) atoms. The number of ether oxygens (including phenoxy) is 3. The Kier molecular flexibility index (Phi) is 5.21. The van der Waals surface area contributed by atoms with Gasteiger partial charge in [0.1, 0.15) is 10.6 Å². The molecule has 0 amide bonds. The van der Waals surface area contributed by atoms with Crippen molar-refractivity contribution in [3.05, 3.63) is 57.6 Å². The number of halogens is 3. The fourth-order valence-electron chi connectivity index (χ4n) is 2.73. The summed E-state index contributed by atoms with van der Waals surface area (Å²) >= 11 is 12.1. The minimum Gasteiger partial charge on any atom is -0.497 e. The summed E-state index contributed by atoms with van der Waals surface area (Å²) in [5, 5.41) is -0.117. The van der Waals surface area contributed by atoms with E-state index < -0.39 is 14.8 Å². The van der Waals surface area contributed by atoms with Gasteiger partial charge in [-0.05, 0) is 30.3 Å². The van der Waals surface area contributed by atoms with E-state index in [2.05, 4.69) is 0 Å². The van der Waals surface area contributed by atoms with E-state index in [9.17, 15) is 8.42 Å². The fourth-order valence-corrected chi connectivity index (χ4v) is 4.80. The zero-order chi connectivity index (χ0) is 18.2. The van der Waals surface area contributed by atoms with E-state index >= 15 is 0 Å². The number of benzene rings is 2. The average Bonchev–Trinajstić information content (AvgIpc) is 3.07. The van der Waals surface area contributed by atoms with Crippen LogP contribution in [0.3, 0.4) is 0 Å². The maximum absolute atomic E-state index is 12.1. The molecule has 2 aromatic carbocycles. The molecule has 0 aromatic heterocycles. The maximum atomic E-state index is 12.1. The Labute approximate surface area is 159 Å². The molecule has 0 radical (unpaired) electrons. The van der Waals surface area contributed by atoms with Crippen LogP contribution in [0.2, 0.25) is 10.0 Å². The summed E-state index contributed by atoms with van der Waals surface area (Å²) in [7, 11) is 2.95. The Balaban J connectivity index is 2.28. The van der Waals surface area contributed by atoms with Crippen molar-refractivity contribution in [2.75, 3.05) is 20.3 Å². The molecule has 1 aliphatic heterocycles.